The first kappa shape index (κ1) is 84.4. The molecule has 0 unspecified atom stereocenters. The molecule has 0 saturated carbocycles. The van der Waals surface area contributed by atoms with Gasteiger partial charge in [-0.25, -0.2) is 28.8 Å². The number of aliphatic hydroxyl groups is 1. The van der Waals surface area contributed by atoms with E-state index >= 15 is 14.4 Å². The van der Waals surface area contributed by atoms with Gasteiger partial charge in [0.25, 0.3) is 0 Å². The van der Waals surface area contributed by atoms with E-state index in [1.807, 2.05) is 0 Å². The van der Waals surface area contributed by atoms with Crippen molar-refractivity contribution in [3.8, 4) is 16.9 Å². The van der Waals surface area contributed by atoms with E-state index in [-0.39, 0.29) is 88.9 Å². The lowest BCUT2D eigenvalue weighted by molar-refractivity contribution is -0.134. The Hall–Kier alpha value is -8.83. The first-order valence-electron chi connectivity index (χ1n) is 33.5. The predicted molar refractivity (Wildman–Crippen MR) is 368 cm³/mol. The fourth-order valence-corrected chi connectivity index (χ4v) is 9.59. The van der Waals surface area contributed by atoms with Crippen LogP contribution in [0.3, 0.4) is 0 Å². The highest BCUT2D eigenvalue weighted by molar-refractivity contribution is 5.96. The van der Waals surface area contributed by atoms with Crippen LogP contribution in [-0.4, -0.2) is 185 Å². The minimum absolute atomic E-state index is 0.0364. The molecule has 3 rings (SSSR count). The molecule has 1 aliphatic heterocycles. The van der Waals surface area contributed by atoms with Crippen LogP contribution in [-0.2, 0) is 65.2 Å². The van der Waals surface area contributed by atoms with Crippen molar-refractivity contribution in [2.45, 2.75) is 265 Å². The molecule has 13 N–H and O–H groups in total. The molecular weight excluding hydrogens is 1290 g/mol. The van der Waals surface area contributed by atoms with Crippen LogP contribution in [0.4, 0.5) is 28.8 Å². The molecule has 2 aromatic carbocycles. The second-order valence-electron chi connectivity index (χ2n) is 30.4. The van der Waals surface area contributed by atoms with Crippen molar-refractivity contribution in [3.05, 3.63) is 53.6 Å². The van der Waals surface area contributed by atoms with Gasteiger partial charge in [-0.2, -0.15) is 0 Å². The average molecular weight is 1400 g/mol. The van der Waals surface area contributed by atoms with E-state index in [4.69, 9.17) is 28.4 Å². The highest BCUT2D eigenvalue weighted by Gasteiger charge is 2.36. The van der Waals surface area contributed by atoms with Gasteiger partial charge in [0.1, 0.15) is 63.5 Å². The summed E-state index contributed by atoms with van der Waals surface area (Å²) in [6.07, 6.45) is -7.28. The van der Waals surface area contributed by atoms with Gasteiger partial charge in [-0.1, -0.05) is 30.3 Å². The maximum absolute atomic E-state index is 15.3. The Morgan fingerprint density at radius 3 is 1.51 bits per heavy atom. The molecule has 0 aromatic heterocycles. The summed E-state index contributed by atoms with van der Waals surface area (Å²) in [7, 11) is 0. The number of aliphatic hydroxyl groups excluding tert-OH is 1. The Bertz CT molecular complexity index is 3070. The Labute approximate surface area is 581 Å². The van der Waals surface area contributed by atoms with Gasteiger partial charge in [0.2, 0.25) is 29.5 Å². The van der Waals surface area contributed by atoms with Gasteiger partial charge in [0, 0.05) is 70.5 Å². The lowest BCUT2D eigenvalue weighted by Gasteiger charge is -2.29. The first-order chi connectivity index (χ1) is 45.6. The van der Waals surface area contributed by atoms with Crippen molar-refractivity contribution in [2.24, 2.45) is 0 Å². The van der Waals surface area contributed by atoms with Crippen LogP contribution in [0.25, 0.3) is 11.1 Å². The zero-order valence-electron chi connectivity index (χ0n) is 61.0. The molecule has 0 aliphatic carbocycles. The lowest BCUT2D eigenvalue weighted by atomic mass is 9.95. The molecule has 4 bridgehead atoms. The predicted octanol–water partition coefficient (Wildman–Crippen LogP) is 6.58. The number of alkyl carbamates (subject to hydrolysis) is 6. The Kier molecular flexibility index (Phi) is 32.3. The Balaban J connectivity index is 2.17. The van der Waals surface area contributed by atoms with Crippen LogP contribution in [0.5, 0.6) is 5.75 Å². The second-order valence-corrected chi connectivity index (χ2v) is 30.4. The van der Waals surface area contributed by atoms with Crippen LogP contribution in [0, 0.1) is 0 Å². The number of ether oxygens (including phenoxy) is 6. The molecule has 0 spiro atoms. The van der Waals surface area contributed by atoms with E-state index in [1.165, 1.54) is 6.07 Å². The smallest absolute Gasteiger partial charge is 0.408 e. The normalized spacial score (nSPS) is 16.6. The van der Waals surface area contributed by atoms with E-state index in [2.05, 4.69) is 58.5 Å². The molecule has 30 nitrogen and oxygen atoms in total. The third-order valence-electron chi connectivity index (χ3n) is 13.7. The van der Waals surface area contributed by atoms with Crippen molar-refractivity contribution in [1.82, 2.24) is 58.5 Å². The summed E-state index contributed by atoms with van der Waals surface area (Å²) in [5, 5.41) is 52.2. The number of hydrogen-bond acceptors (Lipinski definition) is 19. The van der Waals surface area contributed by atoms with Crippen molar-refractivity contribution in [1.29, 1.82) is 0 Å². The number of phenolic OH excluding ortho intramolecular Hbond substituents is 1. The van der Waals surface area contributed by atoms with Crippen LogP contribution in [0.1, 0.15) is 187 Å². The van der Waals surface area contributed by atoms with Gasteiger partial charge in [-0.15, -0.1) is 0 Å². The van der Waals surface area contributed by atoms with Gasteiger partial charge in [-0.05, 0) is 198 Å². The summed E-state index contributed by atoms with van der Waals surface area (Å²) in [6, 6.07) is 3.40. The monoisotopic (exact) mass is 1400 g/mol. The number of fused-ring (bicyclic) bond motifs is 5. The lowest BCUT2D eigenvalue weighted by Crippen LogP contribution is -2.60. The molecule has 0 saturated heterocycles. The molecule has 11 amide bonds. The molecule has 556 valence electrons. The van der Waals surface area contributed by atoms with Crippen LogP contribution < -0.4 is 58.5 Å². The molecule has 99 heavy (non-hydrogen) atoms. The fourth-order valence-electron chi connectivity index (χ4n) is 9.59. The third-order valence-corrected chi connectivity index (χ3v) is 13.7. The summed E-state index contributed by atoms with van der Waals surface area (Å²) in [6.45, 7) is 29.5. The molecule has 30 heteroatoms. The highest BCUT2D eigenvalue weighted by atomic mass is 16.6. The fraction of sp³-hybridized carbons (Fsp3) is 0.667. The average Bonchev–Trinajstić information content (AvgIpc) is 1.68. The topological polar surface area (TPSA) is 416 Å². The van der Waals surface area contributed by atoms with Gasteiger partial charge in [0.15, 0.2) is 0 Å². The number of phenols is 1. The maximum Gasteiger partial charge on any atom is 0.408 e. The van der Waals surface area contributed by atoms with Crippen molar-refractivity contribution < 1.29 is 91.4 Å². The molecule has 2 aromatic rings. The van der Waals surface area contributed by atoms with Gasteiger partial charge < -0.3 is 97.1 Å². The van der Waals surface area contributed by atoms with Crippen LogP contribution in [0.15, 0.2) is 42.5 Å². The minimum Gasteiger partial charge on any atom is -0.508 e. The molecule has 1 aliphatic rings. The highest BCUT2D eigenvalue weighted by Crippen LogP contribution is 2.29. The number of carbonyl (C=O) groups excluding carboxylic acids is 11. The van der Waals surface area contributed by atoms with Gasteiger partial charge >= 0.3 is 36.6 Å². The summed E-state index contributed by atoms with van der Waals surface area (Å²) < 4.78 is 32.5. The van der Waals surface area contributed by atoms with Crippen molar-refractivity contribution in [3.63, 3.8) is 0 Å². The molecule has 1 heterocycles. The molecule has 7 atom stereocenters. The number of nitrogens with one attached hydrogen (secondary N) is 11. The zero-order valence-corrected chi connectivity index (χ0v) is 61.0. The number of hydrogen-bond donors (Lipinski definition) is 13. The number of aromatic hydroxyl groups is 1. The number of carbonyl (C=O) groups is 11. The molecular formula is C69H111N11O19. The van der Waals surface area contributed by atoms with E-state index in [0.29, 0.717) is 23.1 Å². The molecule has 0 radical (unpaired) electrons. The zero-order chi connectivity index (χ0) is 74.9. The van der Waals surface area contributed by atoms with Crippen molar-refractivity contribution in [2.75, 3.05) is 32.7 Å². The maximum atomic E-state index is 15.3. The Morgan fingerprint density at radius 2 is 0.980 bits per heavy atom. The van der Waals surface area contributed by atoms with Gasteiger partial charge in [-0.3, -0.25) is 24.0 Å². The van der Waals surface area contributed by atoms with Gasteiger partial charge in [0.05, 0.1) is 6.10 Å². The quantitative estimate of drug-likeness (QED) is 0.0349. The largest absolute Gasteiger partial charge is 0.508 e. The second kappa shape index (κ2) is 37.9. The number of benzene rings is 2. The first-order valence-corrected chi connectivity index (χ1v) is 33.5. The third kappa shape index (κ3) is 37.1. The summed E-state index contributed by atoms with van der Waals surface area (Å²) in [5.74, 6) is -4.61. The van der Waals surface area contributed by atoms with Crippen LogP contribution in [0.2, 0.25) is 0 Å². The van der Waals surface area contributed by atoms with E-state index in [1.54, 1.807) is 161 Å². The standard InChI is InChI=1S/C69H111N11O19/c1-64(2,3)94-58(88)70-30-20-25-45(37-53(83)73-39-46(76-62(92)98-68(13,14)15)26-21-31-71-59(89)95-65(4,5)6)75-54(84)48(27-22-32-72-60(90)96-66(7,8)9)77-55(85)49-34-41-23-19-24-42(33-41)43-28-29-52(82)44(35-43)36-50(80-63(93)99-69(16,17)18)56(86)79-51(57(87)78-49)38-47(81)40-74-61(91)97-67(10,11)12/h19,23-24,28-29,33,35,45-51,81-82H,20-22,25-27,30-32,34,36-40H2,1-18H3,(H,70,88)(H,71,89)(H,72,90)(H,73,83)(H,74,91)(H,75,84)(H,76,92)(H,77,85)(H,78,87)(H,79,86)(H,80,93)/t45-,46-,47+,48-,49-,50-,51-/m0/s1. The van der Waals surface area contributed by atoms with E-state index < -0.39 is 155 Å². The summed E-state index contributed by atoms with van der Waals surface area (Å²) in [4.78, 5) is 151. The van der Waals surface area contributed by atoms with Crippen LogP contribution >= 0.6 is 0 Å². The van der Waals surface area contributed by atoms with Crippen molar-refractivity contribution >= 4 is 66.1 Å². The number of amides is 11. The Morgan fingerprint density at radius 1 is 0.505 bits per heavy atom. The summed E-state index contributed by atoms with van der Waals surface area (Å²) >= 11 is 0. The van der Waals surface area contributed by atoms with E-state index in [9.17, 15) is 48.6 Å². The summed E-state index contributed by atoms with van der Waals surface area (Å²) in [5.41, 5.74) is -3.47. The van der Waals surface area contributed by atoms with E-state index in [0.717, 1.165) is 0 Å². The SMILES string of the molecule is CC(C)(C)OC(=O)NCCC[C@@H](CNC(=O)C[C@H](CCCNC(=O)OC(C)(C)C)NC(=O)[C@H](CCCNC(=O)OC(C)(C)C)NC(=O)[C@@H]1Cc2cccc(c2)-c2ccc(O)c(c2)C[C@H](NC(=O)OC(C)(C)C)C(=O)N[C@@H](C[C@@H](O)CNC(=O)OC(C)(C)C)C(=O)N1)NC(=O)OC(C)(C)C. The number of rotatable bonds is 26. The minimum atomic E-state index is -1.73. The molecule has 0 fully saturated rings.